The molecule has 0 aliphatic carbocycles. The number of carbonyl (C=O) groups excluding carboxylic acids is 2. The fraction of sp³-hybridized carbons (Fsp3) is 0.258. The molecule has 188 valence electrons. The monoisotopic (exact) mass is 509 g/mol. The molecule has 1 aliphatic rings. The number of carbonyl (C=O) groups is 2. The summed E-state index contributed by atoms with van der Waals surface area (Å²) in [5, 5.41) is 12.8. The van der Waals surface area contributed by atoms with Crippen LogP contribution in [0.4, 0.5) is 5.69 Å². The molecule has 3 aromatic rings. The van der Waals surface area contributed by atoms with Crippen LogP contribution in [-0.2, 0) is 28.9 Å². The van der Waals surface area contributed by atoms with Crippen molar-refractivity contribution in [1.82, 2.24) is 5.32 Å². The molecule has 1 fully saturated rings. The third-order valence-corrected chi connectivity index (χ3v) is 7.59. The fourth-order valence-corrected chi connectivity index (χ4v) is 5.60. The summed E-state index contributed by atoms with van der Waals surface area (Å²) in [5.41, 5.74) is 4.07. The number of nitriles is 1. The van der Waals surface area contributed by atoms with Crippen molar-refractivity contribution in [2.45, 2.75) is 44.3 Å². The number of amides is 2. The lowest BCUT2D eigenvalue weighted by atomic mass is 10.0. The molecule has 3 aromatic carbocycles. The van der Waals surface area contributed by atoms with Crippen molar-refractivity contribution >= 4 is 29.3 Å². The molecule has 0 bridgehead atoms. The molecule has 0 aromatic heterocycles. The number of thioether (sulfide) groups is 1. The molecule has 1 saturated heterocycles. The summed E-state index contributed by atoms with van der Waals surface area (Å²) in [7, 11) is 0. The molecule has 1 unspecified atom stereocenters. The van der Waals surface area contributed by atoms with E-state index in [0.29, 0.717) is 30.1 Å². The predicted molar refractivity (Wildman–Crippen MR) is 150 cm³/mol. The first-order valence-corrected chi connectivity index (χ1v) is 13.6. The average Bonchev–Trinajstić information content (AvgIpc) is 3.24. The minimum Gasteiger partial charge on any atom is -0.351 e. The van der Waals surface area contributed by atoms with Crippen LogP contribution in [0, 0.1) is 11.3 Å². The Labute approximate surface area is 223 Å². The Bertz CT molecular complexity index is 1280. The van der Waals surface area contributed by atoms with Crippen molar-refractivity contribution in [3.05, 3.63) is 112 Å². The van der Waals surface area contributed by atoms with Crippen molar-refractivity contribution < 1.29 is 9.59 Å². The highest BCUT2D eigenvalue weighted by molar-refractivity contribution is 8.05. The molecule has 1 aliphatic heterocycles. The molecule has 0 saturated carbocycles. The van der Waals surface area contributed by atoms with Gasteiger partial charge in [0.1, 0.15) is 16.7 Å². The van der Waals surface area contributed by atoms with Gasteiger partial charge in [0.25, 0.3) is 5.91 Å². The van der Waals surface area contributed by atoms with Gasteiger partial charge in [-0.2, -0.15) is 5.26 Å². The summed E-state index contributed by atoms with van der Waals surface area (Å²) in [6, 6.07) is 29.6. The van der Waals surface area contributed by atoms with Crippen molar-refractivity contribution in [1.29, 1.82) is 5.26 Å². The third kappa shape index (κ3) is 6.69. The molecule has 0 spiro atoms. The zero-order valence-electron chi connectivity index (χ0n) is 21.0. The first-order chi connectivity index (χ1) is 18.1. The second kappa shape index (κ2) is 12.9. The van der Waals surface area contributed by atoms with Crippen molar-refractivity contribution in [2.75, 3.05) is 11.4 Å². The number of hydrogen-bond acceptors (Lipinski definition) is 4. The Morgan fingerprint density at radius 2 is 1.54 bits per heavy atom. The second-order valence-corrected chi connectivity index (χ2v) is 10.2. The van der Waals surface area contributed by atoms with Crippen LogP contribution in [0.5, 0.6) is 0 Å². The van der Waals surface area contributed by atoms with E-state index in [1.54, 1.807) is 0 Å². The van der Waals surface area contributed by atoms with E-state index in [1.807, 2.05) is 60.7 Å². The van der Waals surface area contributed by atoms with Gasteiger partial charge >= 0.3 is 0 Å². The SMILES string of the molecule is CCCCc1ccc(CC2SC(=C(C#N)C(=O)NCCc3ccccc3)N(c3ccccc3)C2=O)cc1. The standard InChI is InChI=1S/C31H31N3O2S/c1-2-3-10-24-15-17-25(18-16-24)21-28-30(36)34(26-13-8-5-9-14-26)31(37-28)27(22-32)29(35)33-20-19-23-11-6-4-7-12-23/h4-9,11-18,28H,2-3,10,19-21H2,1H3,(H,33,35). The normalized spacial score (nSPS) is 16.4. The van der Waals surface area contributed by atoms with Crippen molar-refractivity contribution in [3.63, 3.8) is 0 Å². The van der Waals surface area contributed by atoms with Gasteiger partial charge in [0.2, 0.25) is 5.91 Å². The highest BCUT2D eigenvalue weighted by Gasteiger charge is 2.40. The van der Waals surface area contributed by atoms with E-state index in [2.05, 4.69) is 42.6 Å². The summed E-state index contributed by atoms with van der Waals surface area (Å²) in [6.45, 7) is 2.58. The highest BCUT2D eigenvalue weighted by Crippen LogP contribution is 2.41. The molecule has 1 atom stereocenters. The van der Waals surface area contributed by atoms with E-state index in [1.165, 1.54) is 22.2 Å². The van der Waals surface area contributed by atoms with Crippen LogP contribution < -0.4 is 10.2 Å². The largest absolute Gasteiger partial charge is 0.351 e. The van der Waals surface area contributed by atoms with Crippen LogP contribution in [0.1, 0.15) is 36.5 Å². The highest BCUT2D eigenvalue weighted by atomic mass is 32.2. The molecule has 0 radical (unpaired) electrons. The predicted octanol–water partition coefficient (Wildman–Crippen LogP) is 5.81. The zero-order chi connectivity index (χ0) is 26.0. The number of anilines is 1. The summed E-state index contributed by atoms with van der Waals surface area (Å²) >= 11 is 1.30. The number of benzene rings is 3. The Balaban J connectivity index is 1.55. The number of unbranched alkanes of at least 4 members (excludes halogenated alkanes) is 1. The van der Waals surface area contributed by atoms with Crippen LogP contribution in [0.25, 0.3) is 0 Å². The minimum absolute atomic E-state index is 0.0346. The van der Waals surface area contributed by atoms with Crippen LogP contribution in [0.2, 0.25) is 0 Å². The maximum absolute atomic E-state index is 13.6. The lowest BCUT2D eigenvalue weighted by Crippen LogP contribution is -2.32. The van der Waals surface area contributed by atoms with Crippen molar-refractivity contribution in [3.8, 4) is 6.07 Å². The van der Waals surface area contributed by atoms with Crippen LogP contribution >= 0.6 is 11.8 Å². The molecule has 2 amide bonds. The number of hydrogen-bond donors (Lipinski definition) is 1. The third-order valence-electron chi connectivity index (χ3n) is 6.33. The van der Waals surface area contributed by atoms with Crippen LogP contribution in [0.3, 0.4) is 0 Å². The molecule has 6 heteroatoms. The van der Waals surface area contributed by atoms with Gasteiger partial charge in [-0.05, 0) is 54.5 Å². The summed E-state index contributed by atoms with van der Waals surface area (Å²) < 4.78 is 0. The van der Waals surface area contributed by atoms with E-state index in [4.69, 9.17) is 0 Å². The molecule has 37 heavy (non-hydrogen) atoms. The number of nitrogens with one attached hydrogen (secondary N) is 1. The molecular weight excluding hydrogens is 478 g/mol. The van der Waals surface area contributed by atoms with E-state index in [-0.39, 0.29) is 11.5 Å². The molecule has 5 nitrogen and oxygen atoms in total. The van der Waals surface area contributed by atoms with E-state index < -0.39 is 11.2 Å². The Morgan fingerprint density at radius 1 is 0.919 bits per heavy atom. The van der Waals surface area contributed by atoms with Gasteiger partial charge in [-0.3, -0.25) is 14.5 Å². The molecule has 1 heterocycles. The van der Waals surface area contributed by atoms with Crippen LogP contribution in [-0.4, -0.2) is 23.6 Å². The molecule has 4 rings (SSSR count). The zero-order valence-corrected chi connectivity index (χ0v) is 21.8. The Kier molecular flexibility index (Phi) is 9.18. The van der Waals surface area contributed by atoms with Gasteiger partial charge in [0.05, 0.1) is 5.25 Å². The average molecular weight is 510 g/mol. The van der Waals surface area contributed by atoms with E-state index >= 15 is 0 Å². The summed E-state index contributed by atoms with van der Waals surface area (Å²) in [4.78, 5) is 28.2. The Morgan fingerprint density at radius 3 is 2.19 bits per heavy atom. The summed E-state index contributed by atoms with van der Waals surface area (Å²) in [6.07, 6.45) is 4.54. The maximum Gasteiger partial charge on any atom is 0.264 e. The second-order valence-electron chi connectivity index (χ2n) is 9.02. The topological polar surface area (TPSA) is 73.2 Å². The first kappa shape index (κ1) is 26.2. The van der Waals surface area contributed by atoms with Gasteiger partial charge in [0, 0.05) is 12.2 Å². The first-order valence-electron chi connectivity index (χ1n) is 12.7. The molecule has 1 N–H and O–H groups in total. The van der Waals surface area contributed by atoms with Crippen molar-refractivity contribution in [2.24, 2.45) is 0 Å². The van der Waals surface area contributed by atoms with Gasteiger partial charge in [0.15, 0.2) is 0 Å². The molecular formula is C31H31N3O2S. The van der Waals surface area contributed by atoms with Gasteiger partial charge in [-0.25, -0.2) is 0 Å². The van der Waals surface area contributed by atoms with E-state index in [0.717, 1.165) is 30.4 Å². The van der Waals surface area contributed by atoms with Gasteiger partial charge in [-0.1, -0.05) is 97.9 Å². The van der Waals surface area contributed by atoms with Gasteiger partial charge in [-0.15, -0.1) is 0 Å². The number of rotatable bonds is 10. The smallest absolute Gasteiger partial charge is 0.264 e. The quantitative estimate of drug-likeness (QED) is 0.276. The number of para-hydroxylation sites is 1. The number of aryl methyl sites for hydroxylation is 1. The lowest BCUT2D eigenvalue weighted by Gasteiger charge is -2.18. The number of nitrogens with zero attached hydrogens (tertiary/aromatic N) is 2. The van der Waals surface area contributed by atoms with Gasteiger partial charge < -0.3 is 5.32 Å². The fourth-order valence-electron chi connectivity index (χ4n) is 4.29. The summed E-state index contributed by atoms with van der Waals surface area (Å²) in [5.74, 6) is -0.582. The maximum atomic E-state index is 13.6. The lowest BCUT2D eigenvalue weighted by molar-refractivity contribution is -0.117. The minimum atomic E-state index is -0.462. The Hall–Kier alpha value is -3.82. The van der Waals surface area contributed by atoms with E-state index in [9.17, 15) is 14.9 Å². The van der Waals surface area contributed by atoms with Crippen LogP contribution in [0.15, 0.2) is 95.5 Å².